The molecule has 1 fully saturated rings. The summed E-state index contributed by atoms with van der Waals surface area (Å²) >= 11 is 3.34. The molecule has 1 aromatic carbocycles. The van der Waals surface area contributed by atoms with Crippen molar-refractivity contribution < 1.29 is 9.59 Å². The predicted octanol–water partition coefficient (Wildman–Crippen LogP) is 1.75. The standard InChI is InChI=1S/C11H10BrNO2/c1-11(9(14)6-10(15)13-11)7-3-2-4-8(12)5-7/h2-5H,6H2,1H3,(H,13,15). The van der Waals surface area contributed by atoms with Crippen LogP contribution in [0, 0.1) is 0 Å². The fourth-order valence-corrected chi connectivity index (χ4v) is 2.15. The number of halogens is 1. The van der Waals surface area contributed by atoms with Crippen molar-refractivity contribution in [2.75, 3.05) is 0 Å². The molecule has 1 aliphatic rings. The number of carbonyl (C=O) groups excluding carboxylic acids is 2. The highest BCUT2D eigenvalue weighted by atomic mass is 79.9. The monoisotopic (exact) mass is 267 g/mol. The molecule has 78 valence electrons. The van der Waals surface area contributed by atoms with E-state index in [1.165, 1.54) is 0 Å². The van der Waals surface area contributed by atoms with Crippen LogP contribution in [0.25, 0.3) is 0 Å². The maximum absolute atomic E-state index is 11.7. The van der Waals surface area contributed by atoms with E-state index in [1.54, 1.807) is 6.92 Å². The summed E-state index contributed by atoms with van der Waals surface area (Å²) in [4.78, 5) is 22.9. The van der Waals surface area contributed by atoms with Gasteiger partial charge < -0.3 is 5.32 Å². The smallest absolute Gasteiger partial charge is 0.228 e. The van der Waals surface area contributed by atoms with E-state index in [0.717, 1.165) is 10.0 Å². The SMILES string of the molecule is CC1(c2cccc(Br)c2)NC(=O)CC1=O. The van der Waals surface area contributed by atoms with Gasteiger partial charge >= 0.3 is 0 Å². The maximum atomic E-state index is 11.7. The highest BCUT2D eigenvalue weighted by molar-refractivity contribution is 9.10. The van der Waals surface area contributed by atoms with Crippen LogP contribution in [0.4, 0.5) is 0 Å². The van der Waals surface area contributed by atoms with Crippen molar-refractivity contribution in [2.45, 2.75) is 18.9 Å². The number of ketones is 1. The van der Waals surface area contributed by atoms with Gasteiger partial charge in [-0.05, 0) is 24.6 Å². The van der Waals surface area contributed by atoms with Crippen LogP contribution in [0.3, 0.4) is 0 Å². The Kier molecular flexibility index (Phi) is 2.38. The van der Waals surface area contributed by atoms with Crippen molar-refractivity contribution in [3.8, 4) is 0 Å². The van der Waals surface area contributed by atoms with Crippen LogP contribution < -0.4 is 5.32 Å². The Morgan fingerprint density at radius 1 is 1.40 bits per heavy atom. The summed E-state index contributed by atoms with van der Waals surface area (Å²) in [6.07, 6.45) is -0.0248. The number of nitrogens with one attached hydrogen (secondary N) is 1. The minimum atomic E-state index is -0.860. The van der Waals surface area contributed by atoms with Gasteiger partial charge in [0.25, 0.3) is 0 Å². The van der Waals surface area contributed by atoms with Gasteiger partial charge in [0, 0.05) is 4.47 Å². The van der Waals surface area contributed by atoms with Gasteiger partial charge in [-0.15, -0.1) is 0 Å². The van der Waals surface area contributed by atoms with E-state index < -0.39 is 5.54 Å². The molecule has 0 radical (unpaired) electrons. The zero-order valence-electron chi connectivity index (χ0n) is 8.21. The Balaban J connectivity index is 2.46. The van der Waals surface area contributed by atoms with Gasteiger partial charge in [-0.1, -0.05) is 28.1 Å². The fraction of sp³-hybridized carbons (Fsp3) is 0.273. The van der Waals surface area contributed by atoms with Gasteiger partial charge in [-0.25, -0.2) is 0 Å². The summed E-state index contributed by atoms with van der Waals surface area (Å²) in [5.41, 5.74) is -0.0475. The zero-order valence-corrected chi connectivity index (χ0v) is 9.80. The van der Waals surface area contributed by atoms with Crippen LogP contribution in [0.1, 0.15) is 18.9 Å². The maximum Gasteiger partial charge on any atom is 0.228 e. The van der Waals surface area contributed by atoms with Gasteiger partial charge in [0.15, 0.2) is 5.78 Å². The summed E-state index contributed by atoms with van der Waals surface area (Å²) in [7, 11) is 0. The number of hydrogen-bond acceptors (Lipinski definition) is 2. The first-order valence-electron chi connectivity index (χ1n) is 4.63. The summed E-state index contributed by atoms with van der Waals surface area (Å²) in [6, 6.07) is 7.42. The molecule has 0 spiro atoms. The lowest BCUT2D eigenvalue weighted by Crippen LogP contribution is -2.40. The summed E-state index contributed by atoms with van der Waals surface area (Å²) < 4.78 is 0.898. The van der Waals surface area contributed by atoms with Crippen molar-refractivity contribution in [3.63, 3.8) is 0 Å². The van der Waals surface area contributed by atoms with Crippen molar-refractivity contribution in [1.29, 1.82) is 0 Å². The number of carbonyl (C=O) groups is 2. The van der Waals surface area contributed by atoms with E-state index in [1.807, 2.05) is 24.3 Å². The molecule has 0 aliphatic carbocycles. The first-order chi connectivity index (χ1) is 7.02. The molecule has 4 heteroatoms. The fourth-order valence-electron chi connectivity index (χ4n) is 1.75. The first-order valence-corrected chi connectivity index (χ1v) is 5.42. The Morgan fingerprint density at radius 3 is 2.67 bits per heavy atom. The average Bonchev–Trinajstić information content (AvgIpc) is 2.42. The minimum Gasteiger partial charge on any atom is -0.339 e. The van der Waals surface area contributed by atoms with Crippen LogP contribution in [0.2, 0.25) is 0 Å². The summed E-state index contributed by atoms with van der Waals surface area (Å²) in [6.45, 7) is 1.74. The summed E-state index contributed by atoms with van der Waals surface area (Å²) in [5.74, 6) is -0.284. The van der Waals surface area contributed by atoms with E-state index in [9.17, 15) is 9.59 Å². The molecular formula is C11H10BrNO2. The van der Waals surface area contributed by atoms with Crippen LogP contribution >= 0.6 is 15.9 Å². The van der Waals surface area contributed by atoms with Gasteiger partial charge in [0.2, 0.25) is 5.91 Å². The zero-order chi connectivity index (χ0) is 11.1. The van der Waals surface area contributed by atoms with Gasteiger partial charge in [-0.3, -0.25) is 9.59 Å². The lowest BCUT2D eigenvalue weighted by atomic mass is 9.90. The normalized spacial score (nSPS) is 25.5. The predicted molar refractivity (Wildman–Crippen MR) is 59.3 cm³/mol. The van der Waals surface area contributed by atoms with Crippen molar-refractivity contribution >= 4 is 27.6 Å². The molecule has 15 heavy (non-hydrogen) atoms. The molecular weight excluding hydrogens is 258 g/mol. The molecule has 1 aliphatic heterocycles. The van der Waals surface area contributed by atoms with E-state index in [-0.39, 0.29) is 18.1 Å². The second-order valence-corrected chi connectivity index (χ2v) is 4.70. The van der Waals surface area contributed by atoms with Crippen molar-refractivity contribution in [3.05, 3.63) is 34.3 Å². The highest BCUT2D eigenvalue weighted by Gasteiger charge is 2.42. The Labute approximate surface area is 96.0 Å². The van der Waals surface area contributed by atoms with Gasteiger partial charge in [-0.2, -0.15) is 0 Å². The number of amides is 1. The quantitative estimate of drug-likeness (QED) is 0.789. The van der Waals surface area contributed by atoms with Crippen LogP contribution in [-0.4, -0.2) is 11.7 Å². The average molecular weight is 268 g/mol. The molecule has 1 N–H and O–H groups in total. The molecule has 1 saturated heterocycles. The second kappa shape index (κ2) is 3.45. The minimum absolute atomic E-state index is 0.0248. The van der Waals surface area contributed by atoms with Crippen molar-refractivity contribution in [2.24, 2.45) is 0 Å². The number of rotatable bonds is 1. The van der Waals surface area contributed by atoms with Gasteiger partial charge in [0.1, 0.15) is 5.54 Å². The Hall–Kier alpha value is -1.16. The first kappa shape index (κ1) is 10.4. The summed E-state index contributed by atoms with van der Waals surface area (Å²) in [5, 5.41) is 2.71. The Bertz CT molecular complexity index is 444. The third kappa shape index (κ3) is 1.69. The molecule has 3 nitrogen and oxygen atoms in total. The van der Waals surface area contributed by atoms with E-state index >= 15 is 0 Å². The number of hydrogen-bond donors (Lipinski definition) is 1. The van der Waals surface area contributed by atoms with E-state index in [4.69, 9.17) is 0 Å². The van der Waals surface area contributed by atoms with Crippen LogP contribution in [0.15, 0.2) is 28.7 Å². The van der Waals surface area contributed by atoms with Crippen LogP contribution in [-0.2, 0) is 15.1 Å². The Morgan fingerprint density at radius 2 is 2.13 bits per heavy atom. The topological polar surface area (TPSA) is 46.2 Å². The number of benzene rings is 1. The lowest BCUT2D eigenvalue weighted by molar-refractivity contribution is -0.123. The van der Waals surface area contributed by atoms with Crippen LogP contribution in [0.5, 0.6) is 0 Å². The molecule has 0 aromatic heterocycles. The molecule has 1 amide bonds. The van der Waals surface area contributed by atoms with Crippen molar-refractivity contribution in [1.82, 2.24) is 5.32 Å². The number of Topliss-reactive ketones (excluding diaryl/α,β-unsaturated/α-hetero) is 1. The van der Waals surface area contributed by atoms with E-state index in [2.05, 4.69) is 21.2 Å². The third-order valence-corrected chi connectivity index (χ3v) is 3.16. The lowest BCUT2D eigenvalue weighted by Gasteiger charge is -2.22. The molecule has 0 bridgehead atoms. The largest absolute Gasteiger partial charge is 0.339 e. The molecule has 1 heterocycles. The third-order valence-electron chi connectivity index (χ3n) is 2.67. The molecule has 1 aromatic rings. The molecule has 1 atom stereocenters. The van der Waals surface area contributed by atoms with E-state index in [0.29, 0.717) is 0 Å². The molecule has 2 rings (SSSR count). The second-order valence-electron chi connectivity index (χ2n) is 3.78. The highest BCUT2D eigenvalue weighted by Crippen LogP contribution is 2.29. The van der Waals surface area contributed by atoms with Gasteiger partial charge in [0.05, 0.1) is 6.42 Å². The molecule has 1 unspecified atom stereocenters. The molecule has 0 saturated carbocycles.